The maximum Gasteiger partial charge on any atom is 0.255 e. The summed E-state index contributed by atoms with van der Waals surface area (Å²) in [5.41, 5.74) is 0.228. The molecule has 1 unspecified atom stereocenters. The van der Waals surface area contributed by atoms with Crippen LogP contribution in [0.25, 0.3) is 0 Å². The molecular formula is C25H29ClFNO4S. The number of halogens is 2. The third-order valence-electron chi connectivity index (χ3n) is 7.43. The van der Waals surface area contributed by atoms with Crippen LogP contribution in [-0.2, 0) is 9.84 Å². The third-order valence-corrected chi connectivity index (χ3v) is 10.1. The topological polar surface area (TPSA) is 83.5 Å². The van der Waals surface area contributed by atoms with Gasteiger partial charge in [0, 0.05) is 11.3 Å². The maximum absolute atomic E-state index is 14.0. The SMILES string of the molecule is CC(C)c1cc(NC(=O)c2ccc(Cl)c(S(=O)(=O)[C@@H]3CC4CC[C@@H](C3)[C@]4(C)O)c2)ccc1F. The molecule has 5 nitrogen and oxygen atoms in total. The quantitative estimate of drug-likeness (QED) is 0.570. The Morgan fingerprint density at radius 2 is 1.79 bits per heavy atom. The van der Waals surface area contributed by atoms with Crippen molar-refractivity contribution in [2.75, 3.05) is 5.32 Å². The Labute approximate surface area is 199 Å². The number of rotatable bonds is 5. The Morgan fingerprint density at radius 1 is 1.15 bits per heavy atom. The second-order valence-electron chi connectivity index (χ2n) is 9.83. The van der Waals surface area contributed by atoms with Gasteiger partial charge in [0.05, 0.1) is 20.8 Å². The molecule has 2 aliphatic carbocycles. The second kappa shape index (κ2) is 8.67. The molecular weight excluding hydrogens is 465 g/mol. The highest BCUT2D eigenvalue weighted by atomic mass is 35.5. The van der Waals surface area contributed by atoms with Gasteiger partial charge >= 0.3 is 0 Å². The zero-order chi connectivity index (χ0) is 24.1. The molecule has 2 aliphatic rings. The fourth-order valence-electron chi connectivity index (χ4n) is 5.33. The van der Waals surface area contributed by atoms with Crippen LogP contribution >= 0.6 is 11.6 Å². The fourth-order valence-corrected chi connectivity index (χ4v) is 7.73. The highest BCUT2D eigenvalue weighted by Crippen LogP contribution is 2.51. The van der Waals surface area contributed by atoms with E-state index in [-0.39, 0.29) is 39.1 Å². The second-order valence-corrected chi connectivity index (χ2v) is 12.4. The smallest absolute Gasteiger partial charge is 0.255 e. The average molecular weight is 494 g/mol. The molecule has 0 radical (unpaired) electrons. The largest absolute Gasteiger partial charge is 0.390 e. The highest BCUT2D eigenvalue weighted by molar-refractivity contribution is 7.92. The molecule has 2 saturated carbocycles. The van der Waals surface area contributed by atoms with Crippen LogP contribution in [0.15, 0.2) is 41.3 Å². The number of amides is 1. The number of carbonyl (C=O) groups excluding carboxylic acids is 1. The lowest BCUT2D eigenvalue weighted by Crippen LogP contribution is -2.45. The molecule has 8 heteroatoms. The van der Waals surface area contributed by atoms with Crippen LogP contribution in [0.1, 0.15) is 68.3 Å². The first-order chi connectivity index (χ1) is 15.4. The van der Waals surface area contributed by atoms with Crippen molar-refractivity contribution in [2.24, 2.45) is 11.8 Å². The standard InChI is InChI=1S/C25H29ClFNO4S/c1-14(2)20-13-18(7-9-22(20)27)28-24(29)15-4-8-21(26)23(10-15)33(31,32)19-11-16-5-6-17(12-19)25(16,3)30/h4,7-10,13-14,16-17,19,30H,5-6,11-12H2,1-3H3,(H,28,29)/t16-,17?,19-,25-/m0/s1. The van der Waals surface area contributed by atoms with Crippen LogP contribution < -0.4 is 5.32 Å². The van der Waals surface area contributed by atoms with Crippen LogP contribution in [0, 0.1) is 17.7 Å². The number of fused-ring (bicyclic) bond motifs is 2. The molecule has 0 aliphatic heterocycles. The zero-order valence-corrected chi connectivity index (χ0v) is 20.5. The third kappa shape index (κ3) is 4.43. The summed E-state index contributed by atoms with van der Waals surface area (Å²) in [7, 11) is -3.79. The summed E-state index contributed by atoms with van der Waals surface area (Å²) >= 11 is 6.28. The normalized spacial score (nSPS) is 27.1. The van der Waals surface area contributed by atoms with E-state index in [4.69, 9.17) is 11.6 Å². The number of carbonyl (C=O) groups is 1. The van der Waals surface area contributed by atoms with Gasteiger partial charge in [-0.3, -0.25) is 4.79 Å². The number of nitrogens with one attached hydrogen (secondary N) is 1. The Bertz CT molecular complexity index is 1180. The van der Waals surface area contributed by atoms with Crippen LogP contribution in [0.2, 0.25) is 5.02 Å². The number of benzene rings is 2. The van der Waals surface area contributed by atoms with Gasteiger partial charge < -0.3 is 10.4 Å². The zero-order valence-electron chi connectivity index (χ0n) is 18.9. The molecule has 4 rings (SSSR count). The number of sulfone groups is 1. The van der Waals surface area contributed by atoms with Crippen LogP contribution in [0.5, 0.6) is 0 Å². The molecule has 2 aromatic rings. The molecule has 0 spiro atoms. The Balaban J connectivity index is 1.59. The molecule has 4 atom stereocenters. The molecule has 0 saturated heterocycles. The first-order valence-electron chi connectivity index (χ1n) is 11.3. The van der Waals surface area contributed by atoms with Crippen molar-refractivity contribution in [3.05, 3.63) is 58.4 Å². The highest BCUT2D eigenvalue weighted by Gasteiger charge is 2.53. The van der Waals surface area contributed by atoms with E-state index < -0.39 is 26.6 Å². The number of anilines is 1. The lowest BCUT2D eigenvalue weighted by Gasteiger charge is -2.40. The van der Waals surface area contributed by atoms with Gasteiger partial charge in [0.25, 0.3) is 5.91 Å². The number of hydrogen-bond acceptors (Lipinski definition) is 4. The van der Waals surface area contributed by atoms with Crippen molar-refractivity contribution in [1.29, 1.82) is 0 Å². The van der Waals surface area contributed by atoms with E-state index in [0.717, 1.165) is 12.8 Å². The summed E-state index contributed by atoms with van der Waals surface area (Å²) in [4.78, 5) is 12.8. The summed E-state index contributed by atoms with van der Waals surface area (Å²) in [5, 5.41) is 12.9. The maximum atomic E-state index is 14.0. The van der Waals surface area contributed by atoms with Crippen molar-refractivity contribution in [3.8, 4) is 0 Å². The van der Waals surface area contributed by atoms with Crippen molar-refractivity contribution in [3.63, 3.8) is 0 Å². The fraction of sp³-hybridized carbons (Fsp3) is 0.480. The van der Waals surface area contributed by atoms with E-state index in [0.29, 0.717) is 24.1 Å². The lowest BCUT2D eigenvalue weighted by atomic mass is 9.76. The summed E-state index contributed by atoms with van der Waals surface area (Å²) < 4.78 is 41.0. The molecule has 2 fully saturated rings. The molecule has 1 amide bonds. The van der Waals surface area contributed by atoms with Crippen molar-refractivity contribution in [1.82, 2.24) is 0 Å². The van der Waals surface area contributed by atoms with Gasteiger partial charge in [-0.15, -0.1) is 0 Å². The molecule has 0 aromatic heterocycles. The lowest BCUT2D eigenvalue weighted by molar-refractivity contribution is -0.0413. The number of aliphatic hydroxyl groups is 1. The van der Waals surface area contributed by atoms with Gasteiger partial charge in [0.15, 0.2) is 9.84 Å². The summed E-state index contributed by atoms with van der Waals surface area (Å²) in [5.74, 6) is -1.02. The molecule has 2 aromatic carbocycles. The van der Waals surface area contributed by atoms with Gasteiger partial charge in [-0.05, 0) is 92.3 Å². The van der Waals surface area contributed by atoms with E-state index >= 15 is 0 Å². The van der Waals surface area contributed by atoms with E-state index in [2.05, 4.69) is 5.32 Å². The van der Waals surface area contributed by atoms with Crippen molar-refractivity contribution >= 4 is 33.0 Å². The number of hydrogen-bond donors (Lipinski definition) is 2. The summed E-state index contributed by atoms with van der Waals surface area (Å²) in [6.45, 7) is 5.52. The minimum Gasteiger partial charge on any atom is -0.390 e. The molecule has 33 heavy (non-hydrogen) atoms. The minimum absolute atomic E-state index is 0.0549. The van der Waals surface area contributed by atoms with Crippen LogP contribution in [0.3, 0.4) is 0 Å². The predicted octanol–water partition coefficient (Wildman–Crippen LogP) is 5.57. The van der Waals surface area contributed by atoms with Crippen LogP contribution in [0.4, 0.5) is 10.1 Å². The van der Waals surface area contributed by atoms with Crippen LogP contribution in [-0.4, -0.2) is 30.3 Å². The van der Waals surface area contributed by atoms with Gasteiger partial charge in [-0.2, -0.15) is 0 Å². The average Bonchev–Trinajstić information content (AvgIpc) is 2.92. The monoisotopic (exact) mass is 493 g/mol. The first-order valence-corrected chi connectivity index (χ1v) is 13.2. The molecule has 0 heterocycles. The van der Waals surface area contributed by atoms with Crippen molar-refractivity contribution < 1.29 is 22.7 Å². The van der Waals surface area contributed by atoms with E-state index in [1.54, 1.807) is 13.0 Å². The van der Waals surface area contributed by atoms with Gasteiger partial charge in [0.2, 0.25) is 0 Å². The molecule has 178 valence electrons. The Kier molecular flexibility index (Phi) is 6.35. The van der Waals surface area contributed by atoms with Gasteiger partial charge in [-0.1, -0.05) is 25.4 Å². The van der Waals surface area contributed by atoms with E-state index in [9.17, 15) is 22.7 Å². The van der Waals surface area contributed by atoms with Gasteiger partial charge in [0.1, 0.15) is 5.82 Å². The summed E-state index contributed by atoms with van der Waals surface area (Å²) in [6, 6.07) is 8.55. The van der Waals surface area contributed by atoms with E-state index in [1.165, 1.54) is 30.3 Å². The van der Waals surface area contributed by atoms with E-state index in [1.807, 2.05) is 13.8 Å². The van der Waals surface area contributed by atoms with Gasteiger partial charge in [-0.25, -0.2) is 12.8 Å². The van der Waals surface area contributed by atoms with Crippen molar-refractivity contribution in [2.45, 2.75) is 68.1 Å². The molecule has 2 bridgehead atoms. The Hall–Kier alpha value is -1.96. The predicted molar refractivity (Wildman–Crippen MR) is 127 cm³/mol. The Morgan fingerprint density at radius 3 is 2.39 bits per heavy atom. The molecule has 2 N–H and O–H groups in total. The minimum atomic E-state index is -3.79. The first kappa shape index (κ1) is 24.2. The summed E-state index contributed by atoms with van der Waals surface area (Å²) in [6.07, 6.45) is 2.39.